The van der Waals surface area contributed by atoms with Gasteiger partial charge in [-0.3, -0.25) is 0 Å². The summed E-state index contributed by atoms with van der Waals surface area (Å²) in [5, 5.41) is 17.8. The Balaban J connectivity index is 3.21. The normalized spacial score (nSPS) is 13.2. The molecule has 0 aromatic heterocycles. The zero-order valence-electron chi connectivity index (χ0n) is 9.48. The average molecular weight is 214 g/mol. The summed E-state index contributed by atoms with van der Waals surface area (Å²) in [5.74, 6) is -0.881. The Bertz CT molecular complexity index is 187. The van der Waals surface area contributed by atoms with Gasteiger partial charge < -0.3 is 10.2 Å². The first-order chi connectivity index (χ1) is 7.16. The average Bonchev–Trinajstić information content (AvgIpc) is 2.16. The van der Waals surface area contributed by atoms with E-state index in [0.717, 1.165) is 44.9 Å². The quantitative estimate of drug-likeness (QED) is 0.458. The molecule has 0 spiro atoms. The van der Waals surface area contributed by atoms with E-state index in [1.165, 1.54) is 6.08 Å². The highest BCUT2D eigenvalue weighted by molar-refractivity contribution is 5.79. The Morgan fingerprint density at radius 1 is 1.27 bits per heavy atom. The Kier molecular flexibility index (Phi) is 9.18. The van der Waals surface area contributed by atoms with E-state index in [-0.39, 0.29) is 6.10 Å². The summed E-state index contributed by atoms with van der Waals surface area (Å²) >= 11 is 0. The van der Waals surface area contributed by atoms with Gasteiger partial charge in [-0.15, -0.1) is 0 Å². The molecule has 0 saturated heterocycles. The highest BCUT2D eigenvalue weighted by Crippen LogP contribution is 2.09. The fourth-order valence-corrected chi connectivity index (χ4v) is 1.48. The standard InChI is InChI=1S/C12H22O3/c1-2-8-11(13)9-6-4-3-5-7-10-12(14)15/h7,10-11,13H,2-6,8-9H2,1H3,(H,14,15)/b10-7+/t11-/m1/s1. The molecule has 0 bridgehead atoms. The lowest BCUT2D eigenvalue weighted by Crippen LogP contribution is -2.04. The van der Waals surface area contributed by atoms with Crippen molar-refractivity contribution in [2.24, 2.45) is 0 Å². The van der Waals surface area contributed by atoms with E-state index in [4.69, 9.17) is 5.11 Å². The van der Waals surface area contributed by atoms with Crippen LogP contribution >= 0.6 is 0 Å². The molecule has 88 valence electrons. The van der Waals surface area contributed by atoms with Gasteiger partial charge in [0.25, 0.3) is 0 Å². The lowest BCUT2D eigenvalue weighted by molar-refractivity contribution is -0.131. The smallest absolute Gasteiger partial charge is 0.327 e. The Morgan fingerprint density at radius 2 is 2.00 bits per heavy atom. The molecule has 0 fully saturated rings. The van der Waals surface area contributed by atoms with Crippen molar-refractivity contribution in [3.63, 3.8) is 0 Å². The second-order valence-corrected chi connectivity index (χ2v) is 3.82. The van der Waals surface area contributed by atoms with Gasteiger partial charge in [0.1, 0.15) is 0 Å². The van der Waals surface area contributed by atoms with E-state index < -0.39 is 5.97 Å². The van der Waals surface area contributed by atoms with Gasteiger partial charge >= 0.3 is 5.97 Å². The minimum Gasteiger partial charge on any atom is -0.478 e. The predicted molar refractivity (Wildman–Crippen MR) is 60.8 cm³/mol. The fourth-order valence-electron chi connectivity index (χ4n) is 1.48. The molecule has 0 aliphatic carbocycles. The number of aliphatic hydroxyl groups is 1. The molecule has 2 N–H and O–H groups in total. The molecule has 0 aliphatic heterocycles. The van der Waals surface area contributed by atoms with Crippen molar-refractivity contribution in [2.45, 2.75) is 58.0 Å². The maximum atomic E-state index is 10.1. The molecule has 0 heterocycles. The first-order valence-electron chi connectivity index (χ1n) is 5.74. The summed E-state index contributed by atoms with van der Waals surface area (Å²) in [5.41, 5.74) is 0. The molecule has 1 atom stereocenters. The molecular weight excluding hydrogens is 192 g/mol. The fraction of sp³-hybridized carbons (Fsp3) is 0.750. The largest absolute Gasteiger partial charge is 0.478 e. The van der Waals surface area contributed by atoms with Crippen LogP contribution in [0.1, 0.15) is 51.9 Å². The summed E-state index contributed by atoms with van der Waals surface area (Å²) in [6.07, 6.45) is 9.42. The van der Waals surface area contributed by atoms with Crippen molar-refractivity contribution in [3.8, 4) is 0 Å². The van der Waals surface area contributed by atoms with E-state index in [0.29, 0.717) is 0 Å². The molecule has 0 amide bonds. The molecule has 3 nitrogen and oxygen atoms in total. The van der Waals surface area contributed by atoms with Gasteiger partial charge in [0.2, 0.25) is 0 Å². The van der Waals surface area contributed by atoms with Gasteiger partial charge in [0, 0.05) is 6.08 Å². The van der Waals surface area contributed by atoms with Gasteiger partial charge in [-0.1, -0.05) is 32.3 Å². The molecule has 0 saturated carbocycles. The van der Waals surface area contributed by atoms with Crippen LogP contribution < -0.4 is 0 Å². The van der Waals surface area contributed by atoms with Gasteiger partial charge in [0.15, 0.2) is 0 Å². The highest BCUT2D eigenvalue weighted by atomic mass is 16.4. The number of hydrogen-bond donors (Lipinski definition) is 2. The molecule has 0 radical (unpaired) electrons. The van der Waals surface area contributed by atoms with Gasteiger partial charge in [-0.05, 0) is 25.7 Å². The number of carbonyl (C=O) groups is 1. The third-order valence-corrected chi connectivity index (χ3v) is 2.29. The van der Waals surface area contributed by atoms with Crippen LogP contribution in [0.4, 0.5) is 0 Å². The van der Waals surface area contributed by atoms with Crippen LogP contribution in [0.2, 0.25) is 0 Å². The molecule has 3 heteroatoms. The molecule has 0 aromatic rings. The van der Waals surface area contributed by atoms with Crippen LogP contribution in [0.3, 0.4) is 0 Å². The first kappa shape index (κ1) is 14.2. The van der Waals surface area contributed by atoms with Crippen LogP contribution in [0.15, 0.2) is 12.2 Å². The highest BCUT2D eigenvalue weighted by Gasteiger charge is 2.00. The number of unbranched alkanes of at least 4 members (excludes halogenated alkanes) is 3. The van der Waals surface area contributed by atoms with Crippen molar-refractivity contribution in [1.29, 1.82) is 0 Å². The number of allylic oxidation sites excluding steroid dienone is 1. The molecule has 0 aliphatic rings. The number of hydrogen-bond acceptors (Lipinski definition) is 2. The first-order valence-corrected chi connectivity index (χ1v) is 5.74. The van der Waals surface area contributed by atoms with Crippen LogP contribution in [0.5, 0.6) is 0 Å². The van der Waals surface area contributed by atoms with Crippen LogP contribution in [0, 0.1) is 0 Å². The van der Waals surface area contributed by atoms with Crippen molar-refractivity contribution >= 4 is 5.97 Å². The number of rotatable bonds is 9. The van der Waals surface area contributed by atoms with Crippen LogP contribution in [0.25, 0.3) is 0 Å². The van der Waals surface area contributed by atoms with Crippen molar-refractivity contribution in [3.05, 3.63) is 12.2 Å². The summed E-state index contributed by atoms with van der Waals surface area (Å²) in [4.78, 5) is 10.1. The summed E-state index contributed by atoms with van der Waals surface area (Å²) in [7, 11) is 0. The second kappa shape index (κ2) is 9.71. The Labute approximate surface area is 91.8 Å². The SMILES string of the molecule is CCC[C@@H](O)CCCCC/C=C/C(=O)O. The molecular formula is C12H22O3. The van der Waals surface area contributed by atoms with Crippen LogP contribution in [-0.4, -0.2) is 22.3 Å². The number of aliphatic hydroxyl groups excluding tert-OH is 1. The number of carboxylic acids is 1. The van der Waals surface area contributed by atoms with Gasteiger partial charge in [-0.2, -0.15) is 0 Å². The van der Waals surface area contributed by atoms with E-state index >= 15 is 0 Å². The Hall–Kier alpha value is -0.830. The number of aliphatic carboxylic acids is 1. The van der Waals surface area contributed by atoms with Crippen molar-refractivity contribution in [1.82, 2.24) is 0 Å². The van der Waals surface area contributed by atoms with Crippen molar-refractivity contribution < 1.29 is 15.0 Å². The Morgan fingerprint density at radius 3 is 2.60 bits per heavy atom. The maximum absolute atomic E-state index is 10.1. The molecule has 0 rings (SSSR count). The van der Waals surface area contributed by atoms with Gasteiger partial charge in [0.05, 0.1) is 6.10 Å². The van der Waals surface area contributed by atoms with Gasteiger partial charge in [-0.25, -0.2) is 4.79 Å². The molecule has 15 heavy (non-hydrogen) atoms. The lowest BCUT2D eigenvalue weighted by Gasteiger charge is -2.07. The van der Waals surface area contributed by atoms with Crippen LogP contribution in [-0.2, 0) is 4.79 Å². The lowest BCUT2D eigenvalue weighted by atomic mass is 10.1. The topological polar surface area (TPSA) is 57.5 Å². The minimum atomic E-state index is -0.881. The van der Waals surface area contributed by atoms with E-state index in [1.807, 2.05) is 0 Å². The third kappa shape index (κ3) is 11.1. The third-order valence-electron chi connectivity index (χ3n) is 2.29. The summed E-state index contributed by atoms with van der Waals surface area (Å²) in [6.45, 7) is 2.07. The zero-order chi connectivity index (χ0) is 11.5. The number of carboxylic acid groups (broad SMARTS) is 1. The molecule has 0 aromatic carbocycles. The molecule has 0 unspecified atom stereocenters. The minimum absolute atomic E-state index is 0.149. The van der Waals surface area contributed by atoms with E-state index in [9.17, 15) is 9.90 Å². The predicted octanol–water partition coefficient (Wildman–Crippen LogP) is 2.74. The monoisotopic (exact) mass is 214 g/mol. The summed E-state index contributed by atoms with van der Waals surface area (Å²) < 4.78 is 0. The van der Waals surface area contributed by atoms with Crippen molar-refractivity contribution in [2.75, 3.05) is 0 Å². The van der Waals surface area contributed by atoms with E-state index in [1.54, 1.807) is 6.08 Å². The zero-order valence-corrected chi connectivity index (χ0v) is 9.48. The summed E-state index contributed by atoms with van der Waals surface area (Å²) in [6, 6.07) is 0. The second-order valence-electron chi connectivity index (χ2n) is 3.82. The maximum Gasteiger partial charge on any atom is 0.327 e. The van der Waals surface area contributed by atoms with E-state index in [2.05, 4.69) is 6.92 Å².